The summed E-state index contributed by atoms with van der Waals surface area (Å²) in [5, 5.41) is 10.8. The van der Waals surface area contributed by atoms with Crippen LogP contribution in [0.25, 0.3) is 11.7 Å². The molecule has 0 unspecified atom stereocenters. The predicted molar refractivity (Wildman–Crippen MR) is 91.6 cm³/mol. The van der Waals surface area contributed by atoms with Gasteiger partial charge in [-0.3, -0.25) is 0 Å². The van der Waals surface area contributed by atoms with Crippen LogP contribution >= 0.6 is 0 Å². The summed E-state index contributed by atoms with van der Waals surface area (Å²) >= 11 is 0. The molecule has 1 saturated heterocycles. The highest BCUT2D eigenvalue weighted by Crippen LogP contribution is 2.29. The van der Waals surface area contributed by atoms with E-state index >= 15 is 0 Å². The quantitative estimate of drug-likeness (QED) is 0.634. The number of fused-ring (bicyclic) bond motifs is 1. The van der Waals surface area contributed by atoms with Gasteiger partial charge >= 0.3 is 6.18 Å². The van der Waals surface area contributed by atoms with E-state index in [4.69, 9.17) is 0 Å². The molecule has 0 saturated carbocycles. The first-order valence-corrected chi connectivity index (χ1v) is 8.40. The number of nitrogens with zero attached hydrogens (tertiary/aromatic N) is 5. The van der Waals surface area contributed by atoms with Gasteiger partial charge in [0.05, 0.1) is 0 Å². The normalized spacial score (nSPS) is 15.4. The topological polar surface area (TPSA) is 46.3 Å². The van der Waals surface area contributed by atoms with Crippen molar-refractivity contribution in [2.75, 3.05) is 18.0 Å². The molecule has 0 atom stereocenters. The van der Waals surface area contributed by atoms with Crippen LogP contribution in [0.4, 0.5) is 23.4 Å². The van der Waals surface area contributed by atoms with Gasteiger partial charge in [-0.1, -0.05) is 23.8 Å². The number of piperidine rings is 1. The van der Waals surface area contributed by atoms with Crippen molar-refractivity contribution in [3.8, 4) is 0 Å². The summed E-state index contributed by atoms with van der Waals surface area (Å²) in [6, 6.07) is 9.48. The van der Waals surface area contributed by atoms with Crippen LogP contribution in [0.1, 0.15) is 24.2 Å². The van der Waals surface area contributed by atoms with Gasteiger partial charge in [0.1, 0.15) is 11.6 Å². The lowest BCUT2D eigenvalue weighted by Gasteiger charge is -2.29. The molecular formula is C18H15F4N5. The molecule has 4 rings (SSSR count). The van der Waals surface area contributed by atoms with Crippen LogP contribution in [-0.2, 0) is 6.18 Å². The summed E-state index contributed by atoms with van der Waals surface area (Å²) in [7, 11) is 0. The molecule has 0 aliphatic carbocycles. The average molecular weight is 377 g/mol. The van der Waals surface area contributed by atoms with Crippen molar-refractivity contribution < 1.29 is 17.6 Å². The van der Waals surface area contributed by atoms with Gasteiger partial charge in [0.2, 0.25) is 0 Å². The molecule has 1 fully saturated rings. The second kappa shape index (κ2) is 6.64. The lowest BCUT2D eigenvalue weighted by molar-refractivity contribution is -0.146. The summed E-state index contributed by atoms with van der Waals surface area (Å²) < 4.78 is 53.0. The number of benzene rings is 1. The van der Waals surface area contributed by atoms with Gasteiger partial charge < -0.3 is 4.90 Å². The van der Waals surface area contributed by atoms with E-state index in [9.17, 15) is 17.6 Å². The summed E-state index contributed by atoms with van der Waals surface area (Å²) in [6.45, 7) is 1.23. The lowest BCUT2D eigenvalue weighted by atomic mass is 10.0. The molecule has 1 aromatic carbocycles. The molecule has 0 amide bonds. The third kappa shape index (κ3) is 3.62. The van der Waals surface area contributed by atoms with E-state index in [2.05, 4.69) is 15.3 Å². The Morgan fingerprint density at radius 3 is 2.48 bits per heavy atom. The first-order valence-electron chi connectivity index (χ1n) is 8.40. The van der Waals surface area contributed by atoms with Crippen molar-refractivity contribution in [3.05, 3.63) is 59.2 Å². The van der Waals surface area contributed by atoms with Crippen LogP contribution in [-0.4, -0.2) is 32.9 Å². The number of hydrogen-bond acceptors (Lipinski definition) is 4. The highest BCUT2D eigenvalue weighted by Gasteiger charge is 2.37. The van der Waals surface area contributed by atoms with Crippen molar-refractivity contribution in [2.45, 2.75) is 19.0 Å². The molecule has 3 aromatic rings. The van der Waals surface area contributed by atoms with Crippen molar-refractivity contribution in [1.82, 2.24) is 19.8 Å². The fourth-order valence-corrected chi connectivity index (χ4v) is 3.12. The number of aromatic nitrogens is 4. The molecule has 0 N–H and O–H groups in total. The van der Waals surface area contributed by atoms with Crippen molar-refractivity contribution in [1.29, 1.82) is 0 Å². The lowest BCUT2D eigenvalue weighted by Crippen LogP contribution is -2.31. The first-order chi connectivity index (χ1) is 12.9. The van der Waals surface area contributed by atoms with Crippen LogP contribution in [0.15, 0.2) is 42.0 Å². The van der Waals surface area contributed by atoms with Crippen molar-refractivity contribution in [2.24, 2.45) is 0 Å². The maximum absolute atomic E-state index is 13.3. The van der Waals surface area contributed by atoms with E-state index < -0.39 is 12.0 Å². The van der Waals surface area contributed by atoms with Crippen molar-refractivity contribution >= 4 is 17.5 Å². The molecule has 27 heavy (non-hydrogen) atoms. The van der Waals surface area contributed by atoms with Crippen LogP contribution in [0.2, 0.25) is 0 Å². The van der Waals surface area contributed by atoms with E-state index in [0.29, 0.717) is 18.9 Å². The Morgan fingerprint density at radius 1 is 1.00 bits per heavy atom. The Balaban J connectivity index is 1.53. The highest BCUT2D eigenvalue weighted by molar-refractivity contribution is 5.54. The number of rotatable bonds is 2. The maximum atomic E-state index is 13.3. The van der Waals surface area contributed by atoms with Gasteiger partial charge in [0.25, 0.3) is 5.82 Å². The minimum Gasteiger partial charge on any atom is -0.355 e. The molecule has 0 bridgehead atoms. The van der Waals surface area contributed by atoms with Gasteiger partial charge in [-0.2, -0.15) is 17.7 Å². The number of hydrogen-bond donors (Lipinski definition) is 0. The second-order valence-electron chi connectivity index (χ2n) is 6.33. The smallest absolute Gasteiger partial charge is 0.355 e. The third-order valence-electron chi connectivity index (χ3n) is 4.45. The van der Waals surface area contributed by atoms with E-state index in [1.165, 1.54) is 23.8 Å². The summed E-state index contributed by atoms with van der Waals surface area (Å²) in [5.41, 5.74) is 2.02. The van der Waals surface area contributed by atoms with Crippen LogP contribution < -0.4 is 4.90 Å². The van der Waals surface area contributed by atoms with Crippen LogP contribution in [0.3, 0.4) is 0 Å². The molecule has 9 heteroatoms. The largest absolute Gasteiger partial charge is 0.453 e. The Bertz CT molecular complexity index is 998. The fourth-order valence-electron chi connectivity index (χ4n) is 3.12. The predicted octanol–water partition coefficient (Wildman–Crippen LogP) is 3.97. The SMILES string of the molecule is Fc1cccc(C=C2CCN(c3ccc4nnc(C(F)(F)F)n4n3)CC2)c1. The van der Waals surface area contributed by atoms with Gasteiger partial charge in [-0.15, -0.1) is 15.3 Å². The molecule has 1 aliphatic rings. The average Bonchev–Trinajstić information content (AvgIpc) is 3.06. The van der Waals surface area contributed by atoms with Gasteiger partial charge in [0, 0.05) is 13.1 Å². The molecule has 0 radical (unpaired) electrons. The molecule has 140 valence electrons. The van der Waals surface area contributed by atoms with Gasteiger partial charge in [-0.05, 0) is 42.7 Å². The van der Waals surface area contributed by atoms with E-state index in [0.717, 1.165) is 22.9 Å². The number of halogens is 4. The van der Waals surface area contributed by atoms with E-state index in [1.54, 1.807) is 12.1 Å². The zero-order valence-corrected chi connectivity index (χ0v) is 14.1. The number of alkyl halides is 3. The summed E-state index contributed by atoms with van der Waals surface area (Å²) in [5.74, 6) is -0.977. The zero-order chi connectivity index (χ0) is 19.0. The molecular weight excluding hydrogens is 362 g/mol. The molecule has 1 aliphatic heterocycles. The fraction of sp³-hybridized carbons (Fsp3) is 0.278. The maximum Gasteiger partial charge on any atom is 0.453 e. The summed E-state index contributed by atoms with van der Waals surface area (Å²) in [4.78, 5) is 1.92. The van der Waals surface area contributed by atoms with Crippen LogP contribution in [0, 0.1) is 5.82 Å². The highest BCUT2D eigenvalue weighted by atomic mass is 19.4. The monoisotopic (exact) mass is 377 g/mol. The minimum atomic E-state index is -4.62. The Labute approximate surface area is 151 Å². The van der Waals surface area contributed by atoms with E-state index in [-0.39, 0.29) is 11.5 Å². The standard InChI is InChI=1S/C18H15F4N5/c19-14-3-1-2-13(11-14)10-12-6-8-26(9-7-12)16-5-4-15-23-24-17(18(20,21)22)27(15)25-16/h1-5,10-11H,6-9H2. The number of anilines is 1. The Morgan fingerprint density at radius 2 is 1.78 bits per heavy atom. The molecule has 2 aromatic heterocycles. The Hall–Kier alpha value is -2.97. The zero-order valence-electron chi connectivity index (χ0n) is 14.1. The molecule has 3 heterocycles. The van der Waals surface area contributed by atoms with E-state index in [1.807, 2.05) is 17.0 Å². The Kier molecular flexibility index (Phi) is 4.29. The summed E-state index contributed by atoms with van der Waals surface area (Å²) in [6.07, 6.45) is -1.21. The van der Waals surface area contributed by atoms with Gasteiger partial charge in [-0.25, -0.2) is 4.39 Å². The van der Waals surface area contributed by atoms with Crippen LogP contribution in [0.5, 0.6) is 0 Å². The molecule has 0 spiro atoms. The first kappa shape index (κ1) is 17.4. The van der Waals surface area contributed by atoms with Gasteiger partial charge in [0.15, 0.2) is 5.65 Å². The second-order valence-corrected chi connectivity index (χ2v) is 6.33. The minimum absolute atomic E-state index is 0.0507. The van der Waals surface area contributed by atoms with Crippen molar-refractivity contribution in [3.63, 3.8) is 0 Å². The molecule has 5 nitrogen and oxygen atoms in total. The third-order valence-corrected chi connectivity index (χ3v) is 4.45.